The average Bonchev–Trinajstić information content (AvgIpc) is 2.60. The van der Waals surface area contributed by atoms with Gasteiger partial charge in [-0.3, -0.25) is 0 Å². The van der Waals surface area contributed by atoms with Crippen LogP contribution >= 0.6 is 27.3 Å². The minimum Gasteiger partial charge on any atom is -0.477 e. The molecule has 92 valence electrons. The van der Waals surface area contributed by atoms with Gasteiger partial charge in [0.05, 0.1) is 9.83 Å². The average molecular weight is 338 g/mol. The molecule has 5 nitrogen and oxygen atoms in total. The summed E-state index contributed by atoms with van der Waals surface area (Å²) in [5.74, 6) is 1.04. The Morgan fingerprint density at radius 3 is 2.71 bits per heavy atom. The second-order valence-corrected chi connectivity index (χ2v) is 7.12. The summed E-state index contributed by atoms with van der Waals surface area (Å²) in [7, 11) is -3.81. The summed E-state index contributed by atoms with van der Waals surface area (Å²) in [4.78, 5) is 10.5. The smallest absolute Gasteiger partial charge is 0.345 e. The van der Waals surface area contributed by atoms with Gasteiger partial charge >= 0.3 is 5.97 Å². The molecule has 17 heavy (non-hydrogen) atoms. The van der Waals surface area contributed by atoms with Crippen LogP contribution in [-0.4, -0.2) is 25.5 Å². The van der Waals surface area contributed by atoms with E-state index in [1.165, 1.54) is 6.92 Å². The van der Waals surface area contributed by atoms with Crippen LogP contribution in [0.5, 0.6) is 0 Å². The van der Waals surface area contributed by atoms with Crippen LogP contribution in [0.2, 0.25) is 0 Å². The highest BCUT2D eigenvalue weighted by molar-refractivity contribution is 9.11. The van der Waals surface area contributed by atoms with Crippen LogP contribution in [0, 0.1) is 12.3 Å². The lowest BCUT2D eigenvalue weighted by atomic mass is 10.4. The highest BCUT2D eigenvalue weighted by atomic mass is 79.9. The van der Waals surface area contributed by atoms with E-state index in [2.05, 4.69) is 26.6 Å². The predicted molar refractivity (Wildman–Crippen MR) is 67.6 cm³/mol. The molecule has 0 saturated heterocycles. The van der Waals surface area contributed by atoms with Crippen molar-refractivity contribution in [3.8, 4) is 12.3 Å². The van der Waals surface area contributed by atoms with Crippen LogP contribution in [0.3, 0.4) is 0 Å². The van der Waals surface area contributed by atoms with Crippen molar-refractivity contribution in [2.45, 2.75) is 17.9 Å². The number of thiophene rings is 1. The minimum atomic E-state index is -3.81. The third kappa shape index (κ3) is 3.29. The summed E-state index contributed by atoms with van der Waals surface area (Å²) in [6.45, 7) is 1.51. The number of terminal acetylenes is 1. The second-order valence-electron chi connectivity index (χ2n) is 3.06. The summed E-state index contributed by atoms with van der Waals surface area (Å²) < 4.78 is 26.1. The molecule has 0 saturated carbocycles. The molecule has 0 aromatic carbocycles. The third-order valence-electron chi connectivity index (χ3n) is 1.74. The van der Waals surface area contributed by atoms with Gasteiger partial charge in [0, 0.05) is 0 Å². The standard InChI is InChI=1S/C9H8BrNO4S2/c1-3-5(2)11-17(14,15)7-4-6(9(12)13)16-8(7)10/h1,4-5,11H,2H3,(H,12,13). The molecule has 1 aromatic rings. The fourth-order valence-electron chi connectivity index (χ4n) is 0.971. The van der Waals surface area contributed by atoms with E-state index in [0.29, 0.717) is 0 Å². The number of rotatable bonds is 4. The Bertz CT molecular complexity index is 585. The Morgan fingerprint density at radius 2 is 2.29 bits per heavy atom. The first-order valence-electron chi connectivity index (χ1n) is 4.29. The molecule has 0 aliphatic heterocycles. The normalized spacial score (nSPS) is 13.0. The van der Waals surface area contributed by atoms with Crippen LogP contribution < -0.4 is 4.72 Å². The van der Waals surface area contributed by atoms with Crippen molar-refractivity contribution < 1.29 is 18.3 Å². The Morgan fingerprint density at radius 1 is 1.71 bits per heavy atom. The number of carbonyl (C=O) groups is 1. The molecule has 1 heterocycles. The Labute approximate surface area is 111 Å². The van der Waals surface area contributed by atoms with E-state index in [9.17, 15) is 13.2 Å². The van der Waals surface area contributed by atoms with Crippen molar-refractivity contribution in [3.63, 3.8) is 0 Å². The molecule has 1 rings (SSSR count). The van der Waals surface area contributed by atoms with Gasteiger partial charge in [0.25, 0.3) is 0 Å². The molecular weight excluding hydrogens is 330 g/mol. The zero-order valence-corrected chi connectivity index (χ0v) is 11.8. The molecule has 1 unspecified atom stereocenters. The lowest BCUT2D eigenvalue weighted by Crippen LogP contribution is -2.31. The lowest BCUT2D eigenvalue weighted by Gasteiger charge is -2.07. The van der Waals surface area contributed by atoms with Crippen LogP contribution in [0.1, 0.15) is 16.6 Å². The Balaban J connectivity index is 3.17. The van der Waals surface area contributed by atoms with Crippen molar-refractivity contribution in [1.82, 2.24) is 4.72 Å². The maximum Gasteiger partial charge on any atom is 0.345 e. The maximum atomic E-state index is 11.8. The number of carboxylic acid groups (broad SMARTS) is 1. The van der Waals surface area contributed by atoms with E-state index in [1.54, 1.807) is 0 Å². The first-order valence-corrected chi connectivity index (χ1v) is 7.38. The van der Waals surface area contributed by atoms with Crippen molar-refractivity contribution in [3.05, 3.63) is 14.7 Å². The van der Waals surface area contributed by atoms with Crippen molar-refractivity contribution in [2.75, 3.05) is 0 Å². The van der Waals surface area contributed by atoms with Gasteiger partial charge in [-0.25, -0.2) is 13.2 Å². The van der Waals surface area contributed by atoms with E-state index in [-0.39, 0.29) is 13.6 Å². The number of hydrogen-bond donors (Lipinski definition) is 2. The molecule has 1 atom stereocenters. The van der Waals surface area contributed by atoms with Gasteiger partial charge in [-0.2, -0.15) is 4.72 Å². The molecule has 1 aromatic heterocycles. The number of halogens is 1. The number of aromatic carboxylic acids is 1. The van der Waals surface area contributed by atoms with E-state index in [1.807, 2.05) is 0 Å². The van der Waals surface area contributed by atoms with Gasteiger partial charge in [-0.1, -0.05) is 5.92 Å². The van der Waals surface area contributed by atoms with Gasteiger partial charge in [0.2, 0.25) is 10.0 Å². The van der Waals surface area contributed by atoms with Crippen LogP contribution in [0.15, 0.2) is 14.7 Å². The van der Waals surface area contributed by atoms with Gasteiger partial charge < -0.3 is 5.11 Å². The summed E-state index contributed by atoms with van der Waals surface area (Å²) in [5.41, 5.74) is 0. The zero-order valence-electron chi connectivity index (χ0n) is 8.60. The van der Waals surface area contributed by atoms with Gasteiger partial charge in [-0.05, 0) is 28.9 Å². The first-order chi connectivity index (χ1) is 7.77. The fraction of sp³-hybridized carbons (Fsp3) is 0.222. The largest absolute Gasteiger partial charge is 0.477 e. The molecule has 8 heteroatoms. The van der Waals surface area contributed by atoms with Crippen molar-refractivity contribution >= 4 is 43.3 Å². The van der Waals surface area contributed by atoms with Gasteiger partial charge in [-0.15, -0.1) is 17.8 Å². The second kappa shape index (κ2) is 5.18. The Hall–Kier alpha value is -0.880. The van der Waals surface area contributed by atoms with Crippen LogP contribution in [0.25, 0.3) is 0 Å². The molecule has 0 radical (unpaired) electrons. The molecule has 0 bridgehead atoms. The molecule has 0 amide bonds. The molecule has 0 fully saturated rings. The first kappa shape index (κ1) is 14.2. The minimum absolute atomic E-state index is 0.0642. The summed E-state index contributed by atoms with van der Waals surface area (Å²) in [6, 6.07) is 0.419. The van der Waals surface area contributed by atoms with Crippen LogP contribution in [0.4, 0.5) is 0 Å². The highest BCUT2D eigenvalue weighted by Crippen LogP contribution is 2.31. The quantitative estimate of drug-likeness (QED) is 0.815. The summed E-state index contributed by atoms with van der Waals surface area (Å²) in [5, 5.41) is 8.76. The summed E-state index contributed by atoms with van der Waals surface area (Å²) >= 11 is 3.85. The van der Waals surface area contributed by atoms with E-state index < -0.39 is 22.0 Å². The SMILES string of the molecule is C#CC(C)NS(=O)(=O)c1cc(C(=O)O)sc1Br. The topological polar surface area (TPSA) is 83.5 Å². The van der Waals surface area contributed by atoms with Gasteiger partial charge in [0.1, 0.15) is 9.77 Å². The van der Waals surface area contributed by atoms with Crippen LogP contribution in [-0.2, 0) is 10.0 Å². The number of carboxylic acids is 1. The van der Waals surface area contributed by atoms with E-state index in [0.717, 1.165) is 17.4 Å². The molecule has 0 aliphatic rings. The van der Waals surface area contributed by atoms with Crippen molar-refractivity contribution in [1.29, 1.82) is 0 Å². The fourth-order valence-corrected chi connectivity index (χ4v) is 4.54. The summed E-state index contributed by atoms with van der Waals surface area (Å²) in [6.07, 6.45) is 5.07. The maximum absolute atomic E-state index is 11.8. The predicted octanol–water partition coefficient (Wildman–Crippen LogP) is 1.51. The highest BCUT2D eigenvalue weighted by Gasteiger charge is 2.24. The van der Waals surface area contributed by atoms with E-state index in [4.69, 9.17) is 11.5 Å². The van der Waals surface area contributed by atoms with Gasteiger partial charge in [0.15, 0.2) is 0 Å². The molecule has 2 N–H and O–H groups in total. The molecular formula is C9H8BrNO4S2. The number of nitrogens with one attached hydrogen (secondary N) is 1. The zero-order chi connectivity index (χ0) is 13.2. The van der Waals surface area contributed by atoms with E-state index >= 15 is 0 Å². The number of hydrogen-bond acceptors (Lipinski definition) is 4. The molecule has 0 spiro atoms. The van der Waals surface area contributed by atoms with Crippen molar-refractivity contribution in [2.24, 2.45) is 0 Å². The molecule has 0 aliphatic carbocycles. The third-order valence-corrected chi connectivity index (χ3v) is 5.52. The number of sulfonamides is 1. The lowest BCUT2D eigenvalue weighted by molar-refractivity contribution is 0.0702. The monoisotopic (exact) mass is 337 g/mol. The Kier molecular flexibility index (Phi) is 4.32.